The number of carbonyl (C=O) groups is 2. The maximum Gasteiger partial charge on any atom is 0.290 e. The average Bonchev–Trinajstić information content (AvgIpc) is 2.62. The molecule has 1 fully saturated rings. The van der Waals surface area contributed by atoms with Crippen LogP contribution in [0.1, 0.15) is 43.0 Å². The van der Waals surface area contributed by atoms with Crippen LogP contribution in [0.4, 0.5) is 0 Å². The van der Waals surface area contributed by atoms with Gasteiger partial charge in [-0.15, -0.1) is 0 Å². The van der Waals surface area contributed by atoms with Gasteiger partial charge in [0.15, 0.2) is 5.76 Å². The van der Waals surface area contributed by atoms with Gasteiger partial charge < -0.3 is 9.32 Å². The molecule has 0 spiro atoms. The van der Waals surface area contributed by atoms with Crippen molar-refractivity contribution in [2.75, 3.05) is 6.54 Å². The standard InChI is InChI=1S/C13H17NO3/c1-9-4-5-11(17-9)12(16)14-7-6-10(15)8-13(14,2)3/h4-5H,6-8H2,1-3H3. The lowest BCUT2D eigenvalue weighted by atomic mass is 9.89. The molecule has 17 heavy (non-hydrogen) atoms. The summed E-state index contributed by atoms with van der Waals surface area (Å²) >= 11 is 0. The van der Waals surface area contributed by atoms with E-state index in [1.54, 1.807) is 17.0 Å². The second-order valence-corrected chi connectivity index (χ2v) is 5.14. The van der Waals surface area contributed by atoms with Gasteiger partial charge in [-0.2, -0.15) is 0 Å². The molecule has 1 saturated heterocycles. The van der Waals surface area contributed by atoms with E-state index in [4.69, 9.17) is 4.42 Å². The smallest absolute Gasteiger partial charge is 0.290 e. The van der Waals surface area contributed by atoms with Gasteiger partial charge in [-0.25, -0.2) is 0 Å². The predicted octanol–water partition coefficient (Wildman–Crippen LogP) is 2.17. The number of hydrogen-bond donors (Lipinski definition) is 0. The summed E-state index contributed by atoms with van der Waals surface area (Å²) in [5, 5.41) is 0. The third kappa shape index (κ3) is 2.25. The highest BCUT2D eigenvalue weighted by molar-refractivity contribution is 5.94. The molecule has 0 N–H and O–H groups in total. The second kappa shape index (κ2) is 4.02. The number of hydrogen-bond acceptors (Lipinski definition) is 3. The molecule has 0 bridgehead atoms. The molecular weight excluding hydrogens is 218 g/mol. The Morgan fingerprint density at radius 1 is 1.41 bits per heavy atom. The fourth-order valence-electron chi connectivity index (χ4n) is 2.26. The molecule has 1 aliphatic heterocycles. The molecule has 1 aliphatic rings. The molecule has 1 aromatic rings. The summed E-state index contributed by atoms with van der Waals surface area (Å²) in [6.07, 6.45) is 0.854. The summed E-state index contributed by atoms with van der Waals surface area (Å²) in [7, 11) is 0. The van der Waals surface area contributed by atoms with Gasteiger partial charge in [-0.05, 0) is 32.9 Å². The van der Waals surface area contributed by atoms with Gasteiger partial charge in [0.25, 0.3) is 5.91 Å². The molecule has 0 unspecified atom stereocenters. The zero-order valence-electron chi connectivity index (χ0n) is 10.4. The van der Waals surface area contributed by atoms with Crippen molar-refractivity contribution in [3.05, 3.63) is 23.7 Å². The molecule has 1 aromatic heterocycles. The van der Waals surface area contributed by atoms with E-state index < -0.39 is 5.54 Å². The monoisotopic (exact) mass is 235 g/mol. The summed E-state index contributed by atoms with van der Waals surface area (Å²) in [5.41, 5.74) is -0.424. The zero-order valence-corrected chi connectivity index (χ0v) is 10.4. The highest BCUT2D eigenvalue weighted by Gasteiger charge is 2.38. The number of rotatable bonds is 1. The fraction of sp³-hybridized carbons (Fsp3) is 0.538. The maximum atomic E-state index is 12.3. The first-order chi connectivity index (χ1) is 7.90. The summed E-state index contributed by atoms with van der Waals surface area (Å²) in [6, 6.07) is 3.46. The Morgan fingerprint density at radius 3 is 2.65 bits per heavy atom. The number of likely N-dealkylation sites (tertiary alicyclic amines) is 1. The summed E-state index contributed by atoms with van der Waals surface area (Å²) in [5.74, 6) is 1.16. The number of aryl methyl sites for hydroxylation is 1. The minimum Gasteiger partial charge on any atom is -0.456 e. The van der Waals surface area contributed by atoms with Crippen molar-refractivity contribution in [3.8, 4) is 0 Å². The summed E-state index contributed by atoms with van der Waals surface area (Å²) in [4.78, 5) is 25.4. The third-order valence-corrected chi connectivity index (χ3v) is 3.17. The minimum atomic E-state index is -0.424. The van der Waals surface area contributed by atoms with E-state index in [9.17, 15) is 9.59 Å². The van der Waals surface area contributed by atoms with Crippen LogP contribution in [0.15, 0.2) is 16.5 Å². The number of ketones is 1. The minimum absolute atomic E-state index is 0.129. The van der Waals surface area contributed by atoms with Crippen molar-refractivity contribution < 1.29 is 14.0 Å². The van der Waals surface area contributed by atoms with Gasteiger partial charge in [0.1, 0.15) is 11.5 Å². The van der Waals surface area contributed by atoms with Crippen LogP contribution in [-0.2, 0) is 4.79 Å². The van der Waals surface area contributed by atoms with E-state index in [1.807, 2.05) is 20.8 Å². The Kier molecular flexibility index (Phi) is 2.81. The number of furan rings is 1. The molecule has 0 radical (unpaired) electrons. The first-order valence-electron chi connectivity index (χ1n) is 5.80. The van der Waals surface area contributed by atoms with Crippen LogP contribution in [-0.4, -0.2) is 28.7 Å². The zero-order chi connectivity index (χ0) is 12.6. The molecule has 1 amide bonds. The SMILES string of the molecule is Cc1ccc(C(=O)N2CCC(=O)CC2(C)C)o1. The lowest BCUT2D eigenvalue weighted by Gasteiger charge is -2.41. The summed E-state index contributed by atoms with van der Waals surface area (Å²) in [6.45, 7) is 6.11. The Morgan fingerprint density at radius 2 is 2.12 bits per heavy atom. The van der Waals surface area contributed by atoms with Gasteiger partial charge in [-0.1, -0.05) is 0 Å². The van der Waals surface area contributed by atoms with Crippen LogP contribution >= 0.6 is 0 Å². The van der Waals surface area contributed by atoms with Gasteiger partial charge >= 0.3 is 0 Å². The van der Waals surface area contributed by atoms with Crippen LogP contribution in [0.2, 0.25) is 0 Å². The average molecular weight is 235 g/mol. The molecule has 0 aliphatic carbocycles. The predicted molar refractivity (Wildman–Crippen MR) is 62.8 cm³/mol. The van der Waals surface area contributed by atoms with E-state index in [0.717, 1.165) is 5.76 Å². The lowest BCUT2D eigenvalue weighted by molar-refractivity contribution is -0.124. The topological polar surface area (TPSA) is 50.5 Å². The number of carbonyl (C=O) groups excluding carboxylic acids is 2. The summed E-state index contributed by atoms with van der Waals surface area (Å²) < 4.78 is 5.34. The molecule has 4 heteroatoms. The van der Waals surface area contributed by atoms with E-state index >= 15 is 0 Å². The Bertz CT molecular complexity index is 459. The first-order valence-corrected chi connectivity index (χ1v) is 5.80. The number of piperidine rings is 1. The second-order valence-electron chi connectivity index (χ2n) is 5.14. The van der Waals surface area contributed by atoms with E-state index in [0.29, 0.717) is 25.1 Å². The molecule has 0 saturated carbocycles. The molecule has 2 heterocycles. The molecule has 2 rings (SSSR count). The molecular formula is C13H17NO3. The van der Waals surface area contributed by atoms with Crippen molar-refractivity contribution in [1.29, 1.82) is 0 Å². The Hall–Kier alpha value is -1.58. The number of Topliss-reactive ketones (excluding diaryl/α,β-unsaturated/α-hetero) is 1. The van der Waals surface area contributed by atoms with Gasteiger partial charge in [-0.3, -0.25) is 9.59 Å². The van der Waals surface area contributed by atoms with Crippen LogP contribution in [0.3, 0.4) is 0 Å². The quantitative estimate of drug-likeness (QED) is 0.749. The highest BCUT2D eigenvalue weighted by atomic mass is 16.3. The molecule has 0 aromatic carbocycles. The van der Waals surface area contributed by atoms with Gasteiger partial charge in [0, 0.05) is 24.9 Å². The largest absolute Gasteiger partial charge is 0.456 e. The van der Waals surface area contributed by atoms with E-state index in [-0.39, 0.29) is 11.7 Å². The van der Waals surface area contributed by atoms with Gasteiger partial charge in [0.2, 0.25) is 0 Å². The van der Waals surface area contributed by atoms with Crippen molar-refractivity contribution in [2.45, 2.75) is 39.2 Å². The maximum absolute atomic E-state index is 12.3. The van der Waals surface area contributed by atoms with Crippen molar-refractivity contribution in [1.82, 2.24) is 4.90 Å². The number of amides is 1. The van der Waals surface area contributed by atoms with Crippen molar-refractivity contribution >= 4 is 11.7 Å². The Balaban J connectivity index is 2.22. The highest BCUT2D eigenvalue weighted by Crippen LogP contribution is 2.27. The normalized spacial score (nSPS) is 19.5. The van der Waals surface area contributed by atoms with Crippen LogP contribution < -0.4 is 0 Å². The molecule has 92 valence electrons. The van der Waals surface area contributed by atoms with Crippen molar-refractivity contribution in [3.63, 3.8) is 0 Å². The Labute approximate surface area is 101 Å². The first kappa shape index (κ1) is 11.9. The van der Waals surface area contributed by atoms with E-state index in [1.165, 1.54) is 0 Å². The fourth-order valence-corrected chi connectivity index (χ4v) is 2.26. The van der Waals surface area contributed by atoms with Crippen LogP contribution in [0.25, 0.3) is 0 Å². The number of nitrogens with zero attached hydrogens (tertiary/aromatic N) is 1. The van der Waals surface area contributed by atoms with Crippen LogP contribution in [0, 0.1) is 6.92 Å². The molecule has 0 atom stereocenters. The van der Waals surface area contributed by atoms with Gasteiger partial charge in [0.05, 0.1) is 0 Å². The third-order valence-electron chi connectivity index (χ3n) is 3.17. The van der Waals surface area contributed by atoms with Crippen LogP contribution in [0.5, 0.6) is 0 Å². The molecule has 4 nitrogen and oxygen atoms in total. The van der Waals surface area contributed by atoms with E-state index in [2.05, 4.69) is 0 Å². The van der Waals surface area contributed by atoms with Crippen molar-refractivity contribution in [2.24, 2.45) is 0 Å². The lowest BCUT2D eigenvalue weighted by Crippen LogP contribution is -2.53.